The Balaban J connectivity index is 1.12. The molecule has 51 heavy (non-hydrogen) atoms. The third-order valence-electron chi connectivity index (χ3n) is 9.77. The van der Waals surface area contributed by atoms with Crippen molar-refractivity contribution in [3.8, 4) is 56.2 Å². The standard InChI is InChI=1S/C47H29N3O/c1-2-11-33-26-34(23-20-30(33)10-1)39-29-40-46-36(14-9-17-45(46)51-47(40)38-13-4-3-12-37(38)39)32-21-18-31(19-22-32)35-27-43(41-15-5-7-24-48-41)50-44(28-35)42-16-6-8-25-49-42/h1-29H. The van der Waals surface area contributed by atoms with Gasteiger partial charge in [-0.15, -0.1) is 0 Å². The lowest BCUT2D eigenvalue weighted by atomic mass is 9.92. The summed E-state index contributed by atoms with van der Waals surface area (Å²) in [6.45, 7) is 0. The van der Waals surface area contributed by atoms with Gasteiger partial charge in [0.1, 0.15) is 11.2 Å². The zero-order valence-corrected chi connectivity index (χ0v) is 27.5. The zero-order chi connectivity index (χ0) is 33.7. The SMILES string of the molecule is c1ccc(-c2cc(-c3ccc(-c4cccc5oc6c7ccccc7c(-c7ccc8ccccc8c7)cc6c45)cc3)cc(-c3ccccn3)n2)nc1. The summed E-state index contributed by atoms with van der Waals surface area (Å²) in [4.78, 5) is 14.1. The molecule has 0 aliphatic rings. The molecular weight excluding hydrogens is 623 g/mol. The summed E-state index contributed by atoms with van der Waals surface area (Å²) in [5, 5.41) is 6.98. The van der Waals surface area contributed by atoms with Crippen molar-refractivity contribution in [2.45, 2.75) is 0 Å². The molecule has 0 atom stereocenters. The molecule has 0 radical (unpaired) electrons. The Hall–Kier alpha value is -6.91. The molecule has 0 aliphatic heterocycles. The van der Waals surface area contributed by atoms with E-state index in [2.05, 4.69) is 137 Å². The van der Waals surface area contributed by atoms with E-state index >= 15 is 0 Å². The van der Waals surface area contributed by atoms with Crippen LogP contribution in [-0.4, -0.2) is 15.0 Å². The molecule has 0 N–H and O–H groups in total. The number of hydrogen-bond acceptors (Lipinski definition) is 4. The molecule has 0 spiro atoms. The number of rotatable bonds is 5. The van der Waals surface area contributed by atoms with Crippen LogP contribution in [0.3, 0.4) is 0 Å². The average molecular weight is 652 g/mol. The zero-order valence-electron chi connectivity index (χ0n) is 27.5. The van der Waals surface area contributed by atoms with Crippen molar-refractivity contribution >= 4 is 43.5 Å². The van der Waals surface area contributed by atoms with Crippen molar-refractivity contribution in [3.63, 3.8) is 0 Å². The molecule has 238 valence electrons. The molecule has 4 heterocycles. The van der Waals surface area contributed by atoms with Crippen LogP contribution < -0.4 is 0 Å². The highest BCUT2D eigenvalue weighted by Crippen LogP contribution is 2.43. The molecule has 0 saturated carbocycles. The van der Waals surface area contributed by atoms with E-state index in [4.69, 9.17) is 9.40 Å². The maximum atomic E-state index is 6.67. The van der Waals surface area contributed by atoms with Crippen molar-refractivity contribution < 1.29 is 4.42 Å². The smallest absolute Gasteiger partial charge is 0.143 e. The van der Waals surface area contributed by atoms with Gasteiger partial charge in [0.05, 0.1) is 22.8 Å². The summed E-state index contributed by atoms with van der Waals surface area (Å²) in [5.74, 6) is 0. The van der Waals surface area contributed by atoms with Crippen molar-refractivity contribution in [3.05, 3.63) is 176 Å². The minimum Gasteiger partial charge on any atom is -0.455 e. The van der Waals surface area contributed by atoms with Crippen molar-refractivity contribution in [1.82, 2.24) is 15.0 Å². The molecule has 4 aromatic heterocycles. The number of fused-ring (bicyclic) bond motifs is 6. The van der Waals surface area contributed by atoms with Gasteiger partial charge in [0, 0.05) is 28.6 Å². The fourth-order valence-corrected chi connectivity index (χ4v) is 7.32. The number of aromatic nitrogens is 3. The van der Waals surface area contributed by atoms with E-state index in [-0.39, 0.29) is 0 Å². The lowest BCUT2D eigenvalue weighted by Crippen LogP contribution is -1.94. The van der Waals surface area contributed by atoms with Crippen LogP contribution in [0.1, 0.15) is 0 Å². The highest BCUT2D eigenvalue weighted by molar-refractivity contribution is 6.22. The number of benzene rings is 6. The van der Waals surface area contributed by atoms with Gasteiger partial charge in [-0.05, 0) is 104 Å². The van der Waals surface area contributed by atoms with Gasteiger partial charge in [0.25, 0.3) is 0 Å². The Morgan fingerprint density at radius 2 is 1.02 bits per heavy atom. The molecule has 0 saturated heterocycles. The van der Waals surface area contributed by atoms with Gasteiger partial charge < -0.3 is 4.42 Å². The minimum atomic E-state index is 0.807. The molecular formula is C47H29N3O. The Morgan fingerprint density at radius 3 is 1.75 bits per heavy atom. The Kier molecular flexibility index (Phi) is 6.78. The number of nitrogens with zero attached hydrogens (tertiary/aromatic N) is 3. The molecule has 6 aromatic carbocycles. The lowest BCUT2D eigenvalue weighted by Gasteiger charge is -2.11. The predicted octanol–water partition coefficient (Wildman–Crippen LogP) is 12.4. The largest absolute Gasteiger partial charge is 0.455 e. The summed E-state index contributed by atoms with van der Waals surface area (Å²) < 4.78 is 6.67. The van der Waals surface area contributed by atoms with E-state index < -0.39 is 0 Å². The van der Waals surface area contributed by atoms with Gasteiger partial charge in [-0.3, -0.25) is 9.97 Å². The van der Waals surface area contributed by atoms with Gasteiger partial charge in [-0.25, -0.2) is 4.98 Å². The number of furan rings is 1. The Labute approximate surface area is 294 Å². The van der Waals surface area contributed by atoms with E-state index in [0.29, 0.717) is 0 Å². The first kappa shape index (κ1) is 29.0. The van der Waals surface area contributed by atoms with Crippen LogP contribution in [-0.2, 0) is 0 Å². The average Bonchev–Trinajstić information content (AvgIpc) is 3.60. The fraction of sp³-hybridized carbons (Fsp3) is 0. The number of pyridine rings is 3. The van der Waals surface area contributed by atoms with Crippen LogP contribution in [0.5, 0.6) is 0 Å². The van der Waals surface area contributed by atoms with Gasteiger partial charge in [-0.2, -0.15) is 0 Å². The van der Waals surface area contributed by atoms with Crippen LogP contribution in [0.25, 0.3) is 99.6 Å². The van der Waals surface area contributed by atoms with Gasteiger partial charge in [0.2, 0.25) is 0 Å². The van der Waals surface area contributed by atoms with Gasteiger partial charge >= 0.3 is 0 Å². The van der Waals surface area contributed by atoms with Gasteiger partial charge in [-0.1, -0.05) is 109 Å². The van der Waals surface area contributed by atoms with Crippen molar-refractivity contribution in [1.29, 1.82) is 0 Å². The lowest BCUT2D eigenvalue weighted by molar-refractivity contribution is 0.673. The van der Waals surface area contributed by atoms with Gasteiger partial charge in [0.15, 0.2) is 0 Å². The van der Waals surface area contributed by atoms with Crippen LogP contribution in [0, 0.1) is 0 Å². The number of hydrogen-bond donors (Lipinski definition) is 0. The molecule has 0 bridgehead atoms. The minimum absolute atomic E-state index is 0.807. The molecule has 4 heteroatoms. The maximum absolute atomic E-state index is 6.67. The van der Waals surface area contributed by atoms with Crippen molar-refractivity contribution in [2.75, 3.05) is 0 Å². The molecule has 10 rings (SSSR count). The second kappa shape index (κ2) is 11.9. The van der Waals surface area contributed by atoms with E-state index in [1.165, 1.54) is 27.3 Å². The topological polar surface area (TPSA) is 51.8 Å². The third kappa shape index (κ3) is 5.04. The normalized spacial score (nSPS) is 11.5. The molecule has 4 nitrogen and oxygen atoms in total. The summed E-state index contributed by atoms with van der Waals surface area (Å²) >= 11 is 0. The Bertz CT molecular complexity index is 2840. The summed E-state index contributed by atoms with van der Waals surface area (Å²) in [6, 6.07) is 57.3. The van der Waals surface area contributed by atoms with Crippen LogP contribution >= 0.6 is 0 Å². The summed E-state index contributed by atoms with van der Waals surface area (Å²) in [5.41, 5.74) is 11.8. The second-order valence-corrected chi connectivity index (χ2v) is 12.8. The second-order valence-electron chi connectivity index (χ2n) is 12.8. The highest BCUT2D eigenvalue weighted by atomic mass is 16.3. The quantitative estimate of drug-likeness (QED) is 0.186. The maximum Gasteiger partial charge on any atom is 0.143 e. The summed E-state index contributed by atoms with van der Waals surface area (Å²) in [6.07, 6.45) is 3.60. The first-order chi connectivity index (χ1) is 25.3. The molecule has 10 aromatic rings. The first-order valence-corrected chi connectivity index (χ1v) is 17.1. The van der Waals surface area contributed by atoms with E-state index in [0.717, 1.165) is 72.4 Å². The predicted molar refractivity (Wildman–Crippen MR) is 209 cm³/mol. The first-order valence-electron chi connectivity index (χ1n) is 17.1. The van der Waals surface area contributed by atoms with Crippen LogP contribution in [0.2, 0.25) is 0 Å². The van der Waals surface area contributed by atoms with Crippen LogP contribution in [0.4, 0.5) is 0 Å². The van der Waals surface area contributed by atoms with E-state index in [1.54, 1.807) is 12.4 Å². The summed E-state index contributed by atoms with van der Waals surface area (Å²) in [7, 11) is 0. The molecule has 0 amide bonds. The molecule has 0 fully saturated rings. The highest BCUT2D eigenvalue weighted by Gasteiger charge is 2.18. The fourth-order valence-electron chi connectivity index (χ4n) is 7.32. The third-order valence-corrected chi connectivity index (χ3v) is 9.77. The Morgan fingerprint density at radius 1 is 0.373 bits per heavy atom. The van der Waals surface area contributed by atoms with Crippen LogP contribution in [0.15, 0.2) is 181 Å². The molecule has 0 unspecified atom stereocenters. The van der Waals surface area contributed by atoms with E-state index in [9.17, 15) is 0 Å². The van der Waals surface area contributed by atoms with Crippen molar-refractivity contribution in [2.24, 2.45) is 0 Å². The monoisotopic (exact) mass is 651 g/mol. The van der Waals surface area contributed by atoms with E-state index in [1.807, 2.05) is 36.4 Å². The molecule has 0 aliphatic carbocycles.